The van der Waals surface area contributed by atoms with Gasteiger partial charge in [0.25, 0.3) is 0 Å². The topological polar surface area (TPSA) is 42.4 Å². The van der Waals surface area contributed by atoms with Gasteiger partial charge in [0.05, 0.1) is 5.69 Å². The van der Waals surface area contributed by atoms with Gasteiger partial charge in [-0.25, -0.2) is 4.98 Å². The van der Waals surface area contributed by atoms with Gasteiger partial charge in [0.1, 0.15) is 10.8 Å². The lowest BCUT2D eigenvalue weighted by molar-refractivity contribution is 0.215. The second-order valence-corrected chi connectivity index (χ2v) is 6.60. The average Bonchev–Trinajstić information content (AvgIpc) is 3.06. The summed E-state index contributed by atoms with van der Waals surface area (Å²) in [6.07, 6.45) is 5.84. The normalized spacial score (nSPS) is 17.2. The van der Waals surface area contributed by atoms with Gasteiger partial charge in [-0.15, -0.1) is 11.3 Å². The number of rotatable bonds is 3. The fourth-order valence-electron chi connectivity index (χ4n) is 2.39. The Labute approximate surface area is 142 Å². The minimum Gasteiger partial charge on any atom is -0.507 e. The summed E-state index contributed by atoms with van der Waals surface area (Å²) in [6, 6.07) is 7.37. The highest BCUT2D eigenvalue weighted by Gasteiger charge is 2.15. The monoisotopic (exact) mass is 331 g/mol. The lowest BCUT2D eigenvalue weighted by Gasteiger charge is -2.16. The van der Waals surface area contributed by atoms with E-state index in [1.165, 1.54) is 12.0 Å². The highest BCUT2D eigenvalue weighted by Crippen LogP contribution is 2.35. The van der Waals surface area contributed by atoms with Gasteiger partial charge in [-0.05, 0) is 49.8 Å². The molecule has 1 atom stereocenters. The maximum Gasteiger partial charge on any atom is 0.125 e. The summed E-state index contributed by atoms with van der Waals surface area (Å²) in [4.78, 5) is 4.68. The molecule has 23 heavy (non-hydrogen) atoms. The molecule has 1 N–H and O–H groups in total. The SMILES string of the molecule is CC1CC=C(c2nc(-c3ccccc3O)cs2)CC1.CCOC. The molecule has 4 heteroatoms. The van der Waals surface area contributed by atoms with Gasteiger partial charge in [0.15, 0.2) is 0 Å². The van der Waals surface area contributed by atoms with E-state index in [9.17, 15) is 5.11 Å². The number of phenols is 1. The second kappa shape index (κ2) is 8.85. The first kappa shape index (κ1) is 17.7. The maximum atomic E-state index is 9.87. The number of aromatic hydroxyl groups is 1. The van der Waals surface area contributed by atoms with Gasteiger partial charge >= 0.3 is 0 Å². The zero-order valence-electron chi connectivity index (χ0n) is 14.1. The number of methoxy groups -OCH3 is 1. The molecule has 2 aromatic rings. The van der Waals surface area contributed by atoms with Gasteiger partial charge < -0.3 is 9.84 Å². The summed E-state index contributed by atoms with van der Waals surface area (Å²) < 4.78 is 4.54. The second-order valence-electron chi connectivity index (χ2n) is 5.74. The molecule has 0 fully saturated rings. The molecule has 1 heterocycles. The number of ether oxygens (including phenoxy) is 1. The van der Waals surface area contributed by atoms with E-state index >= 15 is 0 Å². The summed E-state index contributed by atoms with van der Waals surface area (Å²) in [5, 5.41) is 13.0. The molecule has 1 aromatic heterocycles. The van der Waals surface area contributed by atoms with E-state index in [0.29, 0.717) is 5.75 Å². The van der Waals surface area contributed by atoms with Crippen LogP contribution in [0.3, 0.4) is 0 Å². The zero-order chi connectivity index (χ0) is 16.7. The Hall–Kier alpha value is -1.65. The van der Waals surface area contributed by atoms with Crippen molar-refractivity contribution in [3.05, 3.63) is 40.7 Å². The molecular formula is C19H25NO2S. The summed E-state index contributed by atoms with van der Waals surface area (Å²) in [7, 11) is 1.68. The number of allylic oxidation sites excluding steroid dienone is 2. The number of para-hydroxylation sites is 1. The fourth-order valence-corrected chi connectivity index (χ4v) is 3.29. The van der Waals surface area contributed by atoms with E-state index in [1.807, 2.05) is 30.5 Å². The van der Waals surface area contributed by atoms with Crippen molar-refractivity contribution in [3.63, 3.8) is 0 Å². The number of nitrogens with zero attached hydrogens (tertiary/aromatic N) is 1. The van der Waals surface area contributed by atoms with Crippen molar-refractivity contribution in [2.45, 2.75) is 33.1 Å². The van der Waals surface area contributed by atoms with Gasteiger partial charge in [0, 0.05) is 24.7 Å². The minimum atomic E-state index is 0.297. The summed E-state index contributed by atoms with van der Waals surface area (Å²) >= 11 is 1.67. The Balaban J connectivity index is 0.000000433. The molecule has 1 aliphatic carbocycles. The third kappa shape index (κ3) is 4.91. The summed E-state index contributed by atoms with van der Waals surface area (Å²) in [5.41, 5.74) is 3.05. The predicted molar refractivity (Wildman–Crippen MR) is 97.8 cm³/mol. The zero-order valence-corrected chi connectivity index (χ0v) is 14.9. The van der Waals surface area contributed by atoms with Crippen molar-refractivity contribution in [3.8, 4) is 17.0 Å². The van der Waals surface area contributed by atoms with Crippen molar-refractivity contribution < 1.29 is 9.84 Å². The molecule has 0 saturated heterocycles. The van der Waals surface area contributed by atoms with Crippen LogP contribution in [0.4, 0.5) is 0 Å². The van der Waals surface area contributed by atoms with Gasteiger partial charge in [0.2, 0.25) is 0 Å². The van der Waals surface area contributed by atoms with Crippen LogP contribution in [-0.4, -0.2) is 23.8 Å². The molecule has 124 valence electrons. The Morgan fingerprint density at radius 2 is 2.09 bits per heavy atom. The number of hydrogen-bond acceptors (Lipinski definition) is 4. The average molecular weight is 331 g/mol. The highest BCUT2D eigenvalue weighted by atomic mass is 32.1. The van der Waals surface area contributed by atoms with Gasteiger partial charge in [-0.2, -0.15) is 0 Å². The molecular weight excluding hydrogens is 306 g/mol. The molecule has 1 aromatic carbocycles. The third-order valence-corrected chi connectivity index (χ3v) is 4.84. The first-order valence-corrected chi connectivity index (χ1v) is 8.95. The molecule has 0 radical (unpaired) electrons. The number of benzene rings is 1. The first-order valence-electron chi connectivity index (χ1n) is 8.08. The van der Waals surface area contributed by atoms with E-state index in [0.717, 1.165) is 41.6 Å². The van der Waals surface area contributed by atoms with Crippen molar-refractivity contribution in [1.29, 1.82) is 0 Å². The molecule has 0 saturated carbocycles. The third-order valence-electron chi connectivity index (χ3n) is 3.92. The fraction of sp³-hybridized carbons (Fsp3) is 0.421. The van der Waals surface area contributed by atoms with E-state index < -0.39 is 0 Å². The van der Waals surface area contributed by atoms with Crippen molar-refractivity contribution >= 4 is 16.9 Å². The number of phenolic OH excluding ortho intramolecular Hbond substituents is 1. The molecule has 0 aliphatic heterocycles. The van der Waals surface area contributed by atoms with E-state index in [4.69, 9.17) is 0 Å². The van der Waals surface area contributed by atoms with E-state index in [1.54, 1.807) is 24.5 Å². The first-order chi connectivity index (χ1) is 11.2. The molecule has 1 aliphatic rings. The maximum absolute atomic E-state index is 9.87. The summed E-state index contributed by atoms with van der Waals surface area (Å²) in [5.74, 6) is 1.09. The van der Waals surface area contributed by atoms with Crippen molar-refractivity contribution in [2.75, 3.05) is 13.7 Å². The van der Waals surface area contributed by atoms with E-state index in [2.05, 4.69) is 22.7 Å². The van der Waals surface area contributed by atoms with Crippen LogP contribution >= 0.6 is 11.3 Å². The minimum absolute atomic E-state index is 0.297. The van der Waals surface area contributed by atoms with Gasteiger partial charge in [-0.1, -0.05) is 25.1 Å². The lowest BCUT2D eigenvalue weighted by atomic mass is 9.91. The molecule has 0 bridgehead atoms. The Morgan fingerprint density at radius 3 is 2.70 bits per heavy atom. The number of thiazole rings is 1. The Kier molecular flexibility index (Phi) is 6.81. The van der Waals surface area contributed by atoms with Crippen molar-refractivity contribution in [1.82, 2.24) is 4.98 Å². The van der Waals surface area contributed by atoms with E-state index in [-0.39, 0.29) is 0 Å². The highest BCUT2D eigenvalue weighted by molar-refractivity contribution is 7.11. The Bertz CT molecular complexity index is 646. The molecule has 1 unspecified atom stereocenters. The smallest absolute Gasteiger partial charge is 0.125 e. The standard InChI is InChI=1S/C16H17NOS.C3H8O/c1-11-6-8-12(9-7-11)16-17-14(10-19-16)13-4-2-3-5-15(13)18;1-3-4-2/h2-5,8,10-11,18H,6-7,9H2,1H3;3H2,1-2H3. The molecule has 0 amide bonds. The lowest BCUT2D eigenvalue weighted by Crippen LogP contribution is -2.00. The van der Waals surface area contributed by atoms with Crippen LogP contribution in [0.25, 0.3) is 16.8 Å². The van der Waals surface area contributed by atoms with Crippen molar-refractivity contribution in [2.24, 2.45) is 5.92 Å². The van der Waals surface area contributed by atoms with Crippen LogP contribution in [-0.2, 0) is 4.74 Å². The van der Waals surface area contributed by atoms with Crippen LogP contribution in [0.15, 0.2) is 35.7 Å². The number of hydrogen-bond donors (Lipinski definition) is 1. The van der Waals surface area contributed by atoms with Gasteiger partial charge in [-0.3, -0.25) is 0 Å². The Morgan fingerprint density at radius 1 is 1.35 bits per heavy atom. The van der Waals surface area contributed by atoms with Crippen LogP contribution in [0.2, 0.25) is 0 Å². The van der Waals surface area contributed by atoms with Crippen LogP contribution in [0.5, 0.6) is 5.75 Å². The molecule has 0 spiro atoms. The molecule has 3 nitrogen and oxygen atoms in total. The quantitative estimate of drug-likeness (QED) is 0.822. The number of aromatic nitrogens is 1. The molecule has 3 rings (SSSR count). The predicted octanol–water partition coefficient (Wildman–Crippen LogP) is 5.37. The van der Waals surface area contributed by atoms with Crippen LogP contribution < -0.4 is 0 Å². The summed E-state index contributed by atoms with van der Waals surface area (Å²) in [6.45, 7) is 5.07. The largest absolute Gasteiger partial charge is 0.507 e. The van der Waals surface area contributed by atoms with Crippen LogP contribution in [0.1, 0.15) is 38.1 Å². The van der Waals surface area contributed by atoms with Crippen LogP contribution in [0, 0.1) is 5.92 Å².